The predicted octanol–water partition coefficient (Wildman–Crippen LogP) is 5.02. The van der Waals surface area contributed by atoms with E-state index in [4.69, 9.17) is 4.98 Å². The number of nitrogens with one attached hydrogen (secondary N) is 2. The largest absolute Gasteiger partial charge is 0.351 e. The van der Waals surface area contributed by atoms with E-state index in [1.807, 2.05) is 41.3 Å². The summed E-state index contributed by atoms with van der Waals surface area (Å²) < 4.78 is 0. The van der Waals surface area contributed by atoms with E-state index in [-0.39, 0.29) is 5.91 Å². The molecule has 1 aromatic heterocycles. The molecule has 0 atom stereocenters. The highest BCUT2D eigenvalue weighted by atomic mass is 16.2. The van der Waals surface area contributed by atoms with Crippen molar-refractivity contribution in [2.24, 2.45) is 5.92 Å². The van der Waals surface area contributed by atoms with Gasteiger partial charge in [-0.1, -0.05) is 49.6 Å². The lowest BCUT2D eigenvalue weighted by Gasteiger charge is -2.30. The van der Waals surface area contributed by atoms with Crippen molar-refractivity contribution in [2.75, 3.05) is 29.9 Å². The number of carbonyl (C=O) groups excluding carboxylic acids is 1. The minimum atomic E-state index is 0.00148. The van der Waals surface area contributed by atoms with Crippen molar-refractivity contribution in [3.05, 3.63) is 60.3 Å². The highest BCUT2D eigenvalue weighted by molar-refractivity contribution is 6.07. The van der Waals surface area contributed by atoms with Crippen LogP contribution in [0.15, 0.2) is 54.7 Å². The van der Waals surface area contributed by atoms with Crippen molar-refractivity contribution in [1.82, 2.24) is 15.3 Å². The van der Waals surface area contributed by atoms with Crippen LogP contribution in [0.3, 0.4) is 0 Å². The Labute approximate surface area is 195 Å². The summed E-state index contributed by atoms with van der Waals surface area (Å²) in [7, 11) is 0. The van der Waals surface area contributed by atoms with Gasteiger partial charge in [-0.15, -0.1) is 0 Å². The van der Waals surface area contributed by atoms with Gasteiger partial charge in [0.25, 0.3) is 5.91 Å². The Bertz CT molecular complexity index is 1090. The van der Waals surface area contributed by atoms with E-state index in [1.165, 1.54) is 19.3 Å². The van der Waals surface area contributed by atoms with Crippen molar-refractivity contribution in [1.29, 1.82) is 0 Å². The van der Waals surface area contributed by atoms with E-state index in [1.54, 1.807) is 6.20 Å². The summed E-state index contributed by atoms with van der Waals surface area (Å²) in [5.41, 5.74) is 0.697. The summed E-state index contributed by atoms with van der Waals surface area (Å²) in [6.07, 6.45) is 10.0. The maximum absolute atomic E-state index is 13.8. The molecule has 2 heterocycles. The quantitative estimate of drug-likeness (QED) is 0.560. The number of hydrogen-bond acceptors (Lipinski definition) is 5. The number of rotatable bonds is 6. The van der Waals surface area contributed by atoms with E-state index in [0.29, 0.717) is 35.8 Å². The lowest BCUT2D eigenvalue weighted by molar-refractivity contribution is 0.0980. The van der Waals surface area contributed by atoms with Crippen LogP contribution in [0.1, 0.15) is 55.3 Å². The van der Waals surface area contributed by atoms with Gasteiger partial charge in [-0.2, -0.15) is 4.98 Å². The molecule has 33 heavy (non-hydrogen) atoms. The minimum absolute atomic E-state index is 0.00148. The van der Waals surface area contributed by atoms with Gasteiger partial charge in [-0.05, 0) is 73.7 Å². The average Bonchev–Trinajstić information content (AvgIpc) is 2.88. The molecule has 1 saturated heterocycles. The second kappa shape index (κ2) is 10.3. The van der Waals surface area contributed by atoms with Crippen LogP contribution in [0.5, 0.6) is 0 Å². The lowest BCUT2D eigenvalue weighted by Crippen LogP contribution is -2.40. The molecule has 1 aliphatic heterocycles. The number of nitrogens with zero attached hydrogens (tertiary/aromatic N) is 3. The van der Waals surface area contributed by atoms with Gasteiger partial charge in [0.15, 0.2) is 0 Å². The van der Waals surface area contributed by atoms with Gasteiger partial charge >= 0.3 is 0 Å². The zero-order chi connectivity index (χ0) is 22.5. The molecule has 172 valence electrons. The number of amides is 1. The first-order valence-electron chi connectivity index (χ1n) is 12.4. The maximum atomic E-state index is 13.8. The summed E-state index contributed by atoms with van der Waals surface area (Å²) in [5.74, 6) is 1.77. The van der Waals surface area contributed by atoms with Crippen molar-refractivity contribution >= 4 is 28.4 Å². The van der Waals surface area contributed by atoms with E-state index in [9.17, 15) is 4.79 Å². The molecular weight excluding hydrogens is 410 g/mol. The van der Waals surface area contributed by atoms with Crippen LogP contribution < -0.4 is 15.5 Å². The number of aromatic nitrogens is 2. The molecule has 1 saturated carbocycles. The molecule has 5 rings (SSSR count). The minimum Gasteiger partial charge on any atom is -0.351 e. The summed E-state index contributed by atoms with van der Waals surface area (Å²) in [4.78, 5) is 24.9. The number of piperidine rings is 1. The monoisotopic (exact) mass is 443 g/mol. The molecular formula is C27H33N5O. The van der Waals surface area contributed by atoms with Crippen LogP contribution in [0, 0.1) is 5.92 Å². The molecule has 2 N–H and O–H groups in total. The third kappa shape index (κ3) is 5.33. The number of fused-ring (bicyclic) bond motifs is 1. The third-order valence-corrected chi connectivity index (χ3v) is 7.00. The van der Waals surface area contributed by atoms with Gasteiger partial charge < -0.3 is 10.6 Å². The highest BCUT2D eigenvalue weighted by Gasteiger charge is 2.25. The SMILES string of the molecule is O=C(c1ccc2ccccc2c1)N(CC1CCNCC1)c1ccnc(NC2CCCCC2)n1. The standard InChI is InChI=1S/C27H33N5O/c33-26(23-11-10-21-6-4-5-7-22(21)18-23)32(19-20-12-15-28-16-13-20)25-14-17-29-27(31-25)30-24-8-2-1-3-9-24/h4-7,10-11,14,17-18,20,24,28H,1-3,8-9,12-13,15-16,19H2,(H,29,30,31). The zero-order valence-electron chi connectivity index (χ0n) is 19.2. The van der Waals surface area contributed by atoms with Crippen LogP contribution in [0.25, 0.3) is 10.8 Å². The van der Waals surface area contributed by atoms with Crippen molar-refractivity contribution in [2.45, 2.75) is 51.0 Å². The molecule has 2 aliphatic rings. The van der Waals surface area contributed by atoms with E-state index >= 15 is 0 Å². The number of carbonyl (C=O) groups is 1. The van der Waals surface area contributed by atoms with E-state index < -0.39 is 0 Å². The number of benzene rings is 2. The topological polar surface area (TPSA) is 70.2 Å². The van der Waals surface area contributed by atoms with Gasteiger partial charge in [-0.3, -0.25) is 9.69 Å². The first kappa shape index (κ1) is 21.8. The zero-order valence-corrected chi connectivity index (χ0v) is 19.2. The average molecular weight is 444 g/mol. The second-order valence-electron chi connectivity index (χ2n) is 9.39. The Morgan fingerprint density at radius 1 is 0.970 bits per heavy atom. The number of anilines is 2. The Hall–Kier alpha value is -2.99. The number of hydrogen-bond donors (Lipinski definition) is 2. The molecule has 0 spiro atoms. The molecule has 1 amide bonds. The summed E-state index contributed by atoms with van der Waals surface area (Å²) >= 11 is 0. The second-order valence-corrected chi connectivity index (χ2v) is 9.39. The van der Waals surface area contributed by atoms with Crippen molar-refractivity contribution in [3.63, 3.8) is 0 Å². The first-order valence-corrected chi connectivity index (χ1v) is 12.4. The molecule has 0 unspecified atom stereocenters. The van der Waals surface area contributed by atoms with Gasteiger partial charge in [0.05, 0.1) is 0 Å². The summed E-state index contributed by atoms with van der Waals surface area (Å²) in [6.45, 7) is 2.68. The Morgan fingerprint density at radius 2 is 1.76 bits per heavy atom. The lowest BCUT2D eigenvalue weighted by atomic mass is 9.96. The van der Waals surface area contributed by atoms with Crippen LogP contribution in [0.4, 0.5) is 11.8 Å². The Kier molecular flexibility index (Phi) is 6.81. The molecule has 0 bridgehead atoms. The van der Waals surface area contributed by atoms with Crippen LogP contribution in [0.2, 0.25) is 0 Å². The summed E-state index contributed by atoms with van der Waals surface area (Å²) in [6, 6.07) is 16.4. The summed E-state index contributed by atoms with van der Waals surface area (Å²) in [5, 5.41) is 9.15. The first-order chi connectivity index (χ1) is 16.3. The van der Waals surface area contributed by atoms with Crippen LogP contribution in [-0.2, 0) is 0 Å². The van der Waals surface area contributed by atoms with E-state index in [2.05, 4.69) is 27.8 Å². The van der Waals surface area contributed by atoms with Gasteiger partial charge in [0.1, 0.15) is 5.82 Å². The van der Waals surface area contributed by atoms with Gasteiger partial charge in [-0.25, -0.2) is 4.98 Å². The van der Waals surface area contributed by atoms with Gasteiger partial charge in [0.2, 0.25) is 5.95 Å². The smallest absolute Gasteiger partial charge is 0.259 e. The molecule has 2 fully saturated rings. The fourth-order valence-corrected chi connectivity index (χ4v) is 5.08. The molecule has 6 heteroatoms. The van der Waals surface area contributed by atoms with Crippen molar-refractivity contribution in [3.8, 4) is 0 Å². The molecule has 6 nitrogen and oxygen atoms in total. The normalized spacial score (nSPS) is 17.7. The third-order valence-electron chi connectivity index (χ3n) is 7.00. The van der Waals surface area contributed by atoms with Crippen molar-refractivity contribution < 1.29 is 4.79 Å². The fourth-order valence-electron chi connectivity index (χ4n) is 5.08. The molecule has 0 radical (unpaired) electrons. The van der Waals surface area contributed by atoms with Crippen LogP contribution >= 0.6 is 0 Å². The fraction of sp³-hybridized carbons (Fsp3) is 0.444. The maximum Gasteiger partial charge on any atom is 0.259 e. The Balaban J connectivity index is 1.43. The highest BCUT2D eigenvalue weighted by Crippen LogP contribution is 2.25. The Morgan fingerprint density at radius 3 is 2.58 bits per heavy atom. The van der Waals surface area contributed by atoms with Gasteiger partial charge in [0, 0.05) is 24.3 Å². The van der Waals surface area contributed by atoms with E-state index in [0.717, 1.165) is 49.5 Å². The molecule has 1 aliphatic carbocycles. The molecule has 3 aromatic rings. The van der Waals surface area contributed by atoms with Crippen LogP contribution in [-0.4, -0.2) is 41.6 Å². The predicted molar refractivity (Wildman–Crippen MR) is 134 cm³/mol. The molecule has 2 aromatic carbocycles.